The molecule has 2 aliphatic heterocycles. The fourth-order valence-electron chi connectivity index (χ4n) is 6.98. The number of cyclic esters (lactones) is 1. The Balaban J connectivity index is 1.71. The van der Waals surface area contributed by atoms with Crippen molar-refractivity contribution in [2.45, 2.75) is 84.8 Å². The topological polar surface area (TPSA) is 91.4 Å². The summed E-state index contributed by atoms with van der Waals surface area (Å²) >= 11 is 0. The van der Waals surface area contributed by atoms with E-state index in [0.717, 1.165) is 37.7 Å². The second kappa shape index (κ2) is 9.14. The van der Waals surface area contributed by atoms with Gasteiger partial charge in [-0.25, -0.2) is 9.59 Å². The molecule has 0 aromatic rings. The largest absolute Gasteiger partial charge is 0.462 e. The first-order valence-electron chi connectivity index (χ1n) is 12.6. The molecule has 3 fully saturated rings. The zero-order chi connectivity index (χ0) is 24.7. The quantitative estimate of drug-likeness (QED) is 0.235. The lowest BCUT2D eigenvalue weighted by Crippen LogP contribution is -2.67. The van der Waals surface area contributed by atoms with E-state index in [1.165, 1.54) is 6.92 Å². The van der Waals surface area contributed by atoms with Crippen molar-refractivity contribution < 1.29 is 33.3 Å². The predicted octanol–water partition coefficient (Wildman–Crippen LogP) is 4.29. The highest BCUT2D eigenvalue weighted by atomic mass is 16.6. The van der Waals surface area contributed by atoms with E-state index in [0.29, 0.717) is 25.2 Å². The van der Waals surface area contributed by atoms with Crippen molar-refractivity contribution in [3.8, 4) is 0 Å². The summed E-state index contributed by atoms with van der Waals surface area (Å²) in [7, 11) is 0. The summed E-state index contributed by atoms with van der Waals surface area (Å²) in [6.07, 6.45) is 8.18. The minimum Gasteiger partial charge on any atom is -0.462 e. The van der Waals surface area contributed by atoms with Crippen LogP contribution < -0.4 is 0 Å². The van der Waals surface area contributed by atoms with E-state index < -0.39 is 11.0 Å². The SMILES string of the molecule is CC=C(C)C(=O)OC[C@@]12[C@@H](OC(C)=O)C[C@@H](C)[C@](C)(CCC3=CC(=O)OC3)[C@H]1CCC[C@]21CO1. The highest BCUT2D eigenvalue weighted by Crippen LogP contribution is 2.69. The van der Waals surface area contributed by atoms with Gasteiger partial charge in [-0.3, -0.25) is 4.79 Å². The molecular weight excluding hydrogens is 436 g/mol. The van der Waals surface area contributed by atoms with Crippen LogP contribution in [-0.4, -0.2) is 49.4 Å². The third-order valence-corrected chi connectivity index (χ3v) is 9.31. The van der Waals surface area contributed by atoms with Gasteiger partial charge in [0.05, 0.1) is 12.0 Å². The van der Waals surface area contributed by atoms with Crippen molar-refractivity contribution in [2.75, 3.05) is 19.8 Å². The molecule has 0 radical (unpaired) electrons. The van der Waals surface area contributed by atoms with Crippen molar-refractivity contribution in [1.29, 1.82) is 0 Å². The van der Waals surface area contributed by atoms with Gasteiger partial charge in [0.15, 0.2) is 0 Å². The summed E-state index contributed by atoms with van der Waals surface area (Å²) in [5, 5.41) is 0. The van der Waals surface area contributed by atoms with Crippen LogP contribution in [0.2, 0.25) is 0 Å². The lowest BCUT2D eigenvalue weighted by Gasteiger charge is -2.63. The summed E-state index contributed by atoms with van der Waals surface area (Å²) < 4.78 is 23.3. The second-order valence-electron chi connectivity index (χ2n) is 11.0. The van der Waals surface area contributed by atoms with Crippen LogP contribution in [0.25, 0.3) is 0 Å². The Morgan fingerprint density at radius 2 is 2.03 bits per heavy atom. The molecule has 4 rings (SSSR count). The van der Waals surface area contributed by atoms with Crippen LogP contribution in [0.15, 0.2) is 23.3 Å². The summed E-state index contributed by atoms with van der Waals surface area (Å²) in [5.74, 6) is -0.513. The van der Waals surface area contributed by atoms with Gasteiger partial charge in [-0.15, -0.1) is 0 Å². The molecule has 4 aliphatic rings. The Hall–Kier alpha value is -2.15. The number of fused-ring (bicyclic) bond motifs is 2. The van der Waals surface area contributed by atoms with Crippen molar-refractivity contribution in [2.24, 2.45) is 22.7 Å². The maximum Gasteiger partial charge on any atom is 0.333 e. The van der Waals surface area contributed by atoms with Crippen molar-refractivity contribution in [1.82, 2.24) is 0 Å². The van der Waals surface area contributed by atoms with E-state index in [4.69, 9.17) is 18.9 Å². The Bertz CT molecular complexity index is 914. The predicted molar refractivity (Wildman–Crippen MR) is 125 cm³/mol. The lowest BCUT2D eigenvalue weighted by atomic mass is 9.43. The minimum atomic E-state index is -0.599. The Kier molecular flexibility index (Phi) is 6.71. The Labute approximate surface area is 202 Å². The van der Waals surface area contributed by atoms with Crippen LogP contribution in [-0.2, 0) is 33.3 Å². The van der Waals surface area contributed by atoms with Crippen LogP contribution in [0.3, 0.4) is 0 Å². The van der Waals surface area contributed by atoms with E-state index in [9.17, 15) is 14.4 Å². The first kappa shape index (κ1) is 25.0. The van der Waals surface area contributed by atoms with Crippen molar-refractivity contribution in [3.63, 3.8) is 0 Å². The van der Waals surface area contributed by atoms with Gasteiger partial charge in [-0.2, -0.15) is 0 Å². The Morgan fingerprint density at radius 1 is 1.29 bits per heavy atom. The number of carbonyl (C=O) groups is 3. The number of rotatable bonds is 7. The minimum absolute atomic E-state index is 0.107. The average Bonchev–Trinajstić information content (AvgIpc) is 3.45. The normalized spacial score (nSPS) is 39.2. The fourth-order valence-corrected chi connectivity index (χ4v) is 6.98. The molecule has 0 amide bonds. The van der Waals surface area contributed by atoms with Gasteiger partial charge in [0.2, 0.25) is 0 Å². The van der Waals surface area contributed by atoms with Gasteiger partial charge >= 0.3 is 17.9 Å². The molecule has 6 atom stereocenters. The average molecular weight is 475 g/mol. The van der Waals surface area contributed by atoms with Crippen LogP contribution in [0.1, 0.15) is 73.1 Å². The van der Waals surface area contributed by atoms with Crippen LogP contribution in [0.4, 0.5) is 0 Å². The number of hydrogen-bond acceptors (Lipinski definition) is 7. The van der Waals surface area contributed by atoms with Gasteiger partial charge in [0.25, 0.3) is 0 Å². The summed E-state index contributed by atoms with van der Waals surface area (Å²) in [4.78, 5) is 36.5. The van der Waals surface area contributed by atoms with Gasteiger partial charge in [-0.1, -0.05) is 26.3 Å². The third kappa shape index (κ3) is 4.10. The zero-order valence-corrected chi connectivity index (χ0v) is 21.1. The number of allylic oxidation sites excluding steroid dienone is 1. The molecule has 0 N–H and O–H groups in total. The number of esters is 3. The molecule has 1 saturated heterocycles. The van der Waals surface area contributed by atoms with Crippen molar-refractivity contribution in [3.05, 3.63) is 23.3 Å². The second-order valence-corrected chi connectivity index (χ2v) is 11.0. The van der Waals surface area contributed by atoms with Gasteiger partial charge in [0.1, 0.15) is 24.9 Å². The van der Waals surface area contributed by atoms with Gasteiger partial charge in [-0.05, 0) is 68.8 Å². The van der Waals surface area contributed by atoms with Gasteiger partial charge in [0, 0.05) is 18.6 Å². The van der Waals surface area contributed by atoms with Gasteiger partial charge < -0.3 is 18.9 Å². The molecule has 7 heteroatoms. The monoisotopic (exact) mass is 474 g/mol. The molecule has 2 heterocycles. The summed E-state index contributed by atoms with van der Waals surface area (Å²) in [6, 6.07) is 0. The van der Waals surface area contributed by atoms with Crippen molar-refractivity contribution >= 4 is 17.9 Å². The fraction of sp³-hybridized carbons (Fsp3) is 0.741. The summed E-state index contributed by atoms with van der Waals surface area (Å²) in [5.41, 5.74) is 0.438. The highest BCUT2D eigenvalue weighted by molar-refractivity contribution is 5.87. The van der Waals surface area contributed by atoms with Crippen LogP contribution in [0.5, 0.6) is 0 Å². The summed E-state index contributed by atoms with van der Waals surface area (Å²) in [6.45, 7) is 10.7. The standard InChI is InChI=1S/C27H38O7/c1-6-17(2)24(30)32-16-27-21(8-7-10-26(27)15-33-26)25(5,11-9-20-13-23(29)31-14-20)18(3)12-22(27)34-19(4)28/h6,13,18,21-22H,7-12,14-16H2,1-5H3/t18-,21-,22+,25+,26+,27+/m1/s1. The molecular formula is C27H38O7. The van der Waals surface area contributed by atoms with E-state index in [-0.39, 0.29) is 47.9 Å². The molecule has 0 aromatic carbocycles. The third-order valence-electron chi connectivity index (χ3n) is 9.31. The molecule has 2 saturated carbocycles. The molecule has 0 bridgehead atoms. The molecule has 7 nitrogen and oxygen atoms in total. The lowest BCUT2D eigenvalue weighted by molar-refractivity contribution is -0.228. The smallest absolute Gasteiger partial charge is 0.333 e. The molecule has 2 aliphatic carbocycles. The maximum absolute atomic E-state index is 12.7. The van der Waals surface area contributed by atoms with Crippen LogP contribution >= 0.6 is 0 Å². The zero-order valence-electron chi connectivity index (χ0n) is 21.1. The molecule has 0 unspecified atom stereocenters. The van der Waals surface area contributed by atoms with E-state index in [1.54, 1.807) is 19.1 Å². The number of hydrogen-bond donors (Lipinski definition) is 0. The first-order valence-corrected chi connectivity index (χ1v) is 12.6. The number of epoxide rings is 1. The van der Waals surface area contributed by atoms with E-state index in [2.05, 4.69) is 13.8 Å². The van der Waals surface area contributed by atoms with E-state index >= 15 is 0 Å². The molecule has 188 valence electrons. The molecule has 34 heavy (non-hydrogen) atoms. The van der Waals surface area contributed by atoms with Crippen LogP contribution in [0, 0.1) is 22.7 Å². The molecule has 1 spiro atoms. The van der Waals surface area contributed by atoms with E-state index in [1.807, 2.05) is 6.92 Å². The molecule has 0 aromatic heterocycles. The maximum atomic E-state index is 12.7. The first-order chi connectivity index (χ1) is 16.1. The highest BCUT2D eigenvalue weighted by Gasteiger charge is 2.74. The Morgan fingerprint density at radius 3 is 2.62 bits per heavy atom. The number of carbonyl (C=O) groups excluding carboxylic acids is 3. The number of ether oxygens (including phenoxy) is 4.